The predicted molar refractivity (Wildman–Crippen MR) is 75.5 cm³/mol. The van der Waals surface area contributed by atoms with Crippen molar-refractivity contribution in [2.45, 2.75) is 19.4 Å². The topological polar surface area (TPSA) is 95.7 Å². The minimum absolute atomic E-state index is 0.0264. The predicted octanol–water partition coefficient (Wildman–Crippen LogP) is 1.24. The summed E-state index contributed by atoms with van der Waals surface area (Å²) < 4.78 is 0. The number of hydrogen-bond acceptors (Lipinski definition) is 5. The monoisotopic (exact) mass is 281 g/mol. The van der Waals surface area contributed by atoms with Crippen LogP contribution in [0.3, 0.4) is 0 Å². The number of nitrogens with zero attached hydrogens (tertiary/aromatic N) is 2. The third-order valence-electron chi connectivity index (χ3n) is 3.16. The number of rotatable bonds is 6. The van der Waals surface area contributed by atoms with Crippen LogP contribution in [0.25, 0.3) is 0 Å². The molecule has 0 aliphatic rings. The van der Waals surface area contributed by atoms with E-state index in [4.69, 9.17) is 0 Å². The van der Waals surface area contributed by atoms with Crippen LogP contribution in [0.5, 0.6) is 0 Å². The molecule has 110 valence electrons. The average molecular weight is 281 g/mol. The van der Waals surface area contributed by atoms with Gasteiger partial charge in [-0.1, -0.05) is 0 Å². The van der Waals surface area contributed by atoms with Crippen LogP contribution < -0.4 is 5.32 Å². The van der Waals surface area contributed by atoms with Crippen molar-refractivity contribution < 1.29 is 14.8 Å². The van der Waals surface area contributed by atoms with Gasteiger partial charge in [-0.2, -0.15) is 0 Å². The van der Waals surface area contributed by atoms with Gasteiger partial charge < -0.3 is 10.4 Å². The lowest BCUT2D eigenvalue weighted by Gasteiger charge is -2.33. The summed E-state index contributed by atoms with van der Waals surface area (Å²) in [4.78, 5) is 23.6. The highest BCUT2D eigenvalue weighted by Gasteiger charge is 2.24. The summed E-state index contributed by atoms with van der Waals surface area (Å²) in [5, 5.41) is 22.4. The van der Waals surface area contributed by atoms with Crippen molar-refractivity contribution in [3.8, 4) is 0 Å². The van der Waals surface area contributed by atoms with E-state index in [1.807, 2.05) is 13.8 Å². The number of hydrogen-bond donors (Lipinski definition) is 2. The van der Waals surface area contributed by atoms with Crippen LogP contribution in [0.1, 0.15) is 13.8 Å². The molecule has 1 aromatic carbocycles. The molecule has 7 nitrogen and oxygen atoms in total. The normalized spacial score (nSPS) is 11.4. The summed E-state index contributed by atoms with van der Waals surface area (Å²) in [6.45, 7) is 3.71. The van der Waals surface area contributed by atoms with Crippen molar-refractivity contribution in [3.05, 3.63) is 34.4 Å². The molecule has 0 aliphatic heterocycles. The number of carbonyl (C=O) groups is 1. The Bertz CT molecular complexity index is 485. The number of nitro benzene ring substituents is 1. The second-order valence-corrected chi connectivity index (χ2v) is 5.18. The summed E-state index contributed by atoms with van der Waals surface area (Å²) in [5.74, 6) is -0.247. The lowest BCUT2D eigenvalue weighted by Crippen LogP contribution is -2.47. The fourth-order valence-electron chi connectivity index (χ4n) is 1.42. The molecule has 0 fully saturated rings. The van der Waals surface area contributed by atoms with Gasteiger partial charge >= 0.3 is 0 Å². The van der Waals surface area contributed by atoms with E-state index in [0.717, 1.165) is 0 Å². The van der Waals surface area contributed by atoms with Crippen LogP contribution in [0.4, 0.5) is 11.4 Å². The molecule has 1 amide bonds. The Balaban J connectivity index is 2.60. The molecular formula is C13H19N3O4. The Kier molecular flexibility index (Phi) is 5.18. The van der Waals surface area contributed by atoms with Gasteiger partial charge in [-0.05, 0) is 33.0 Å². The third-order valence-corrected chi connectivity index (χ3v) is 3.16. The summed E-state index contributed by atoms with van der Waals surface area (Å²) in [5.41, 5.74) is -0.0235. The average Bonchev–Trinajstić information content (AvgIpc) is 2.39. The van der Waals surface area contributed by atoms with E-state index < -0.39 is 10.5 Å². The molecule has 0 aromatic heterocycles. The Labute approximate surface area is 117 Å². The molecule has 1 rings (SSSR count). The van der Waals surface area contributed by atoms with Gasteiger partial charge in [0.15, 0.2) is 0 Å². The zero-order chi connectivity index (χ0) is 15.3. The molecule has 1 aromatic rings. The molecule has 7 heteroatoms. The van der Waals surface area contributed by atoms with E-state index in [0.29, 0.717) is 5.69 Å². The number of nitro groups is 1. The van der Waals surface area contributed by atoms with E-state index in [1.54, 1.807) is 11.9 Å². The van der Waals surface area contributed by atoms with Gasteiger partial charge in [0, 0.05) is 23.4 Å². The molecule has 2 N–H and O–H groups in total. The summed E-state index contributed by atoms with van der Waals surface area (Å²) >= 11 is 0. The van der Waals surface area contributed by atoms with Crippen molar-refractivity contribution in [2.24, 2.45) is 0 Å². The minimum atomic E-state index is -0.497. The number of non-ortho nitro benzene ring substituents is 1. The SMILES string of the molecule is CN(CC(=O)Nc1ccc([N+](=O)[O-])cc1)C(C)(C)CO. The number of likely N-dealkylation sites (N-methyl/N-ethyl adjacent to an activating group) is 1. The number of aliphatic hydroxyl groups excluding tert-OH is 1. The van der Waals surface area contributed by atoms with E-state index in [2.05, 4.69) is 5.32 Å². The maximum Gasteiger partial charge on any atom is 0.269 e. The third kappa shape index (κ3) is 4.29. The maximum atomic E-state index is 11.8. The van der Waals surface area contributed by atoms with Crippen molar-refractivity contribution in [3.63, 3.8) is 0 Å². The highest BCUT2D eigenvalue weighted by Crippen LogP contribution is 2.16. The molecular weight excluding hydrogens is 262 g/mol. The Hall–Kier alpha value is -1.99. The van der Waals surface area contributed by atoms with Gasteiger partial charge in [-0.25, -0.2) is 0 Å². The van der Waals surface area contributed by atoms with Crippen molar-refractivity contribution in [1.82, 2.24) is 4.90 Å². The fourth-order valence-corrected chi connectivity index (χ4v) is 1.42. The number of anilines is 1. The first kappa shape index (κ1) is 16.1. The number of aliphatic hydroxyl groups is 1. The maximum absolute atomic E-state index is 11.8. The van der Waals surface area contributed by atoms with Crippen LogP contribution in [0.15, 0.2) is 24.3 Å². The molecule has 0 heterocycles. The Morgan fingerprint density at radius 1 is 1.40 bits per heavy atom. The Morgan fingerprint density at radius 2 is 1.95 bits per heavy atom. The smallest absolute Gasteiger partial charge is 0.269 e. The molecule has 0 spiro atoms. The van der Waals surface area contributed by atoms with E-state index in [1.165, 1.54) is 24.3 Å². The first-order valence-corrected chi connectivity index (χ1v) is 6.12. The van der Waals surface area contributed by atoms with Crippen molar-refractivity contribution in [2.75, 3.05) is 25.5 Å². The van der Waals surface area contributed by atoms with E-state index >= 15 is 0 Å². The second-order valence-electron chi connectivity index (χ2n) is 5.18. The molecule has 0 aliphatic carbocycles. The summed E-state index contributed by atoms with van der Waals surface area (Å²) in [6, 6.07) is 5.62. The first-order chi connectivity index (χ1) is 9.26. The molecule has 0 saturated heterocycles. The van der Waals surface area contributed by atoms with Gasteiger partial charge in [0.25, 0.3) is 5.69 Å². The van der Waals surface area contributed by atoms with Crippen molar-refractivity contribution in [1.29, 1.82) is 0 Å². The minimum Gasteiger partial charge on any atom is -0.394 e. The number of benzene rings is 1. The summed E-state index contributed by atoms with van der Waals surface area (Å²) in [6.07, 6.45) is 0. The molecule has 0 radical (unpaired) electrons. The van der Waals surface area contributed by atoms with E-state index in [-0.39, 0.29) is 24.7 Å². The largest absolute Gasteiger partial charge is 0.394 e. The highest BCUT2D eigenvalue weighted by molar-refractivity contribution is 5.92. The zero-order valence-electron chi connectivity index (χ0n) is 11.8. The van der Waals surface area contributed by atoms with Gasteiger partial charge in [0.2, 0.25) is 5.91 Å². The second kappa shape index (κ2) is 6.44. The highest BCUT2D eigenvalue weighted by atomic mass is 16.6. The summed E-state index contributed by atoms with van der Waals surface area (Å²) in [7, 11) is 1.74. The van der Waals surface area contributed by atoms with Gasteiger partial charge in [-0.3, -0.25) is 19.8 Å². The van der Waals surface area contributed by atoms with Crippen LogP contribution in [-0.4, -0.2) is 46.6 Å². The molecule has 0 bridgehead atoms. The van der Waals surface area contributed by atoms with Crippen LogP contribution >= 0.6 is 0 Å². The first-order valence-electron chi connectivity index (χ1n) is 6.12. The van der Waals surface area contributed by atoms with Gasteiger partial charge in [0.1, 0.15) is 0 Å². The quantitative estimate of drug-likeness (QED) is 0.604. The van der Waals surface area contributed by atoms with Gasteiger partial charge in [0.05, 0.1) is 18.1 Å². The van der Waals surface area contributed by atoms with Crippen molar-refractivity contribution >= 4 is 17.3 Å². The van der Waals surface area contributed by atoms with Gasteiger partial charge in [-0.15, -0.1) is 0 Å². The molecule has 20 heavy (non-hydrogen) atoms. The Morgan fingerprint density at radius 3 is 2.40 bits per heavy atom. The van der Waals surface area contributed by atoms with E-state index in [9.17, 15) is 20.0 Å². The number of nitrogens with one attached hydrogen (secondary N) is 1. The van der Waals surface area contributed by atoms with Crippen LogP contribution in [-0.2, 0) is 4.79 Å². The molecule has 0 saturated carbocycles. The standard InChI is InChI=1S/C13H19N3O4/c1-13(2,9-17)15(3)8-12(18)14-10-4-6-11(7-5-10)16(19)20/h4-7,17H,8-9H2,1-3H3,(H,14,18). The lowest BCUT2D eigenvalue weighted by atomic mass is 10.1. The van der Waals surface area contributed by atoms with Crippen LogP contribution in [0, 0.1) is 10.1 Å². The molecule has 0 atom stereocenters. The number of amides is 1. The molecule has 0 unspecified atom stereocenters. The fraction of sp³-hybridized carbons (Fsp3) is 0.462. The zero-order valence-corrected chi connectivity index (χ0v) is 11.8. The number of carbonyl (C=O) groups excluding carboxylic acids is 1. The van der Waals surface area contributed by atoms with Crippen LogP contribution in [0.2, 0.25) is 0 Å². The lowest BCUT2D eigenvalue weighted by molar-refractivity contribution is -0.384.